The Kier molecular flexibility index (Phi) is 5.08. The van der Waals surface area contributed by atoms with Gasteiger partial charge in [0.2, 0.25) is 0 Å². The molecule has 1 aromatic carbocycles. The van der Waals surface area contributed by atoms with Crippen molar-refractivity contribution >= 4 is 43.3 Å². The summed E-state index contributed by atoms with van der Waals surface area (Å²) in [4.78, 5) is 21.8. The highest BCUT2D eigenvalue weighted by molar-refractivity contribution is 9.09. The molecule has 0 unspecified atom stereocenters. The van der Waals surface area contributed by atoms with Gasteiger partial charge in [-0.15, -0.1) is 0 Å². The second-order valence-electron chi connectivity index (χ2n) is 3.14. The Morgan fingerprint density at radius 3 is 2.50 bits per heavy atom. The number of nitrogens with zero attached hydrogens (tertiary/aromatic N) is 1. The number of halogens is 2. The van der Waals surface area contributed by atoms with E-state index >= 15 is 0 Å². The molecule has 0 atom stereocenters. The molecule has 0 bridgehead atoms. The molecule has 0 amide bonds. The van der Waals surface area contributed by atoms with Crippen LogP contribution in [0.25, 0.3) is 0 Å². The molecule has 1 rings (SSSR count). The summed E-state index contributed by atoms with van der Waals surface area (Å²) in [6.45, 7) is 0. The van der Waals surface area contributed by atoms with Gasteiger partial charge >= 0.3 is 0 Å². The molecule has 0 fully saturated rings. The first-order chi connectivity index (χ1) is 7.58. The van der Waals surface area contributed by atoms with Gasteiger partial charge in [-0.3, -0.25) is 14.9 Å². The topological polar surface area (TPSA) is 60.2 Å². The van der Waals surface area contributed by atoms with Gasteiger partial charge in [-0.1, -0.05) is 31.9 Å². The summed E-state index contributed by atoms with van der Waals surface area (Å²) in [5.41, 5.74) is 1.07. The van der Waals surface area contributed by atoms with E-state index in [2.05, 4.69) is 31.9 Å². The van der Waals surface area contributed by atoms with Gasteiger partial charge in [0.05, 0.1) is 4.92 Å². The third kappa shape index (κ3) is 3.38. The van der Waals surface area contributed by atoms with Crippen molar-refractivity contribution in [2.24, 2.45) is 0 Å². The van der Waals surface area contributed by atoms with Crippen molar-refractivity contribution in [1.82, 2.24) is 0 Å². The quantitative estimate of drug-likeness (QED) is 0.353. The van der Waals surface area contributed by atoms with Crippen LogP contribution in [0.5, 0.6) is 0 Å². The predicted molar refractivity (Wildman–Crippen MR) is 68.5 cm³/mol. The van der Waals surface area contributed by atoms with E-state index in [9.17, 15) is 14.9 Å². The lowest BCUT2D eigenvalue weighted by Gasteiger charge is -2.02. The molecule has 1 aromatic rings. The monoisotopic (exact) mass is 349 g/mol. The molecule has 0 aliphatic carbocycles. The van der Waals surface area contributed by atoms with E-state index in [-0.39, 0.29) is 11.5 Å². The number of nitro benzene ring substituents is 1. The lowest BCUT2D eigenvalue weighted by Crippen LogP contribution is -2.02. The first-order valence-corrected chi connectivity index (χ1v) is 6.76. The van der Waals surface area contributed by atoms with E-state index in [4.69, 9.17) is 0 Å². The number of benzene rings is 1. The van der Waals surface area contributed by atoms with E-state index in [1.165, 1.54) is 12.1 Å². The van der Waals surface area contributed by atoms with Crippen LogP contribution in [0.15, 0.2) is 18.2 Å². The zero-order valence-corrected chi connectivity index (χ0v) is 11.5. The van der Waals surface area contributed by atoms with Crippen LogP contribution < -0.4 is 0 Å². The Labute approximate surface area is 109 Å². The second kappa shape index (κ2) is 6.10. The summed E-state index contributed by atoms with van der Waals surface area (Å²) in [5, 5.41) is 11.7. The van der Waals surface area contributed by atoms with Crippen LogP contribution in [0.3, 0.4) is 0 Å². The predicted octanol–water partition coefficient (Wildman–Crippen LogP) is 3.46. The lowest BCUT2D eigenvalue weighted by atomic mass is 10.1. The van der Waals surface area contributed by atoms with Gasteiger partial charge in [0.25, 0.3) is 5.69 Å². The van der Waals surface area contributed by atoms with Crippen molar-refractivity contribution in [1.29, 1.82) is 0 Å². The SMILES string of the molecule is O=C(CCBr)c1cc(CBr)cc([N+](=O)[O-])c1. The van der Waals surface area contributed by atoms with Crippen molar-refractivity contribution in [3.05, 3.63) is 39.4 Å². The van der Waals surface area contributed by atoms with Crippen LogP contribution in [0.4, 0.5) is 5.69 Å². The Morgan fingerprint density at radius 1 is 1.31 bits per heavy atom. The molecule has 86 valence electrons. The highest BCUT2D eigenvalue weighted by Crippen LogP contribution is 2.20. The van der Waals surface area contributed by atoms with Crippen molar-refractivity contribution in [3.63, 3.8) is 0 Å². The minimum Gasteiger partial charge on any atom is -0.294 e. The van der Waals surface area contributed by atoms with E-state index in [1.807, 2.05) is 0 Å². The fourth-order valence-electron chi connectivity index (χ4n) is 1.25. The first kappa shape index (κ1) is 13.3. The average Bonchev–Trinajstić information content (AvgIpc) is 2.28. The van der Waals surface area contributed by atoms with Gasteiger partial charge in [0.15, 0.2) is 5.78 Å². The molecular weight excluding hydrogens is 342 g/mol. The van der Waals surface area contributed by atoms with Crippen LogP contribution >= 0.6 is 31.9 Å². The molecule has 0 aromatic heterocycles. The number of hydrogen-bond acceptors (Lipinski definition) is 3. The molecule has 0 spiro atoms. The number of non-ortho nitro benzene ring substituents is 1. The summed E-state index contributed by atoms with van der Waals surface area (Å²) in [6.07, 6.45) is 0.336. The van der Waals surface area contributed by atoms with E-state index < -0.39 is 4.92 Å². The van der Waals surface area contributed by atoms with Gasteiger partial charge in [-0.2, -0.15) is 0 Å². The summed E-state index contributed by atoms with van der Waals surface area (Å²) < 4.78 is 0. The largest absolute Gasteiger partial charge is 0.294 e. The van der Waals surface area contributed by atoms with Gasteiger partial charge in [0.1, 0.15) is 0 Å². The fourth-order valence-corrected chi connectivity index (χ4v) is 1.93. The summed E-state index contributed by atoms with van der Waals surface area (Å²) in [6, 6.07) is 4.45. The molecule has 0 saturated heterocycles. The molecule has 4 nitrogen and oxygen atoms in total. The minimum absolute atomic E-state index is 0.0464. The van der Waals surface area contributed by atoms with E-state index in [0.717, 1.165) is 5.56 Å². The zero-order chi connectivity index (χ0) is 12.1. The number of carbonyl (C=O) groups is 1. The summed E-state index contributed by atoms with van der Waals surface area (Å²) in [7, 11) is 0. The number of alkyl halides is 2. The first-order valence-electron chi connectivity index (χ1n) is 4.52. The van der Waals surface area contributed by atoms with Crippen LogP contribution in [-0.4, -0.2) is 16.0 Å². The molecule has 0 saturated carbocycles. The molecule has 0 aliphatic rings. The van der Waals surface area contributed by atoms with Gasteiger partial charge in [-0.25, -0.2) is 0 Å². The van der Waals surface area contributed by atoms with Crippen LogP contribution in [-0.2, 0) is 5.33 Å². The number of Topliss-reactive ketones (excluding diaryl/α,β-unsaturated/α-hetero) is 1. The van der Waals surface area contributed by atoms with Gasteiger partial charge in [0, 0.05) is 34.8 Å². The molecular formula is C10H9Br2NO3. The molecule has 6 heteroatoms. The number of nitro groups is 1. The molecule has 16 heavy (non-hydrogen) atoms. The molecule has 0 radical (unpaired) electrons. The van der Waals surface area contributed by atoms with E-state index in [1.54, 1.807) is 6.07 Å². The third-order valence-corrected chi connectivity index (χ3v) is 3.03. The van der Waals surface area contributed by atoms with Crippen LogP contribution in [0, 0.1) is 10.1 Å². The highest BCUT2D eigenvalue weighted by atomic mass is 79.9. The maximum Gasteiger partial charge on any atom is 0.270 e. The van der Waals surface area contributed by atoms with Crippen LogP contribution in [0.2, 0.25) is 0 Å². The van der Waals surface area contributed by atoms with E-state index in [0.29, 0.717) is 22.6 Å². The van der Waals surface area contributed by atoms with Crippen molar-refractivity contribution < 1.29 is 9.72 Å². The maximum absolute atomic E-state index is 11.6. The average molecular weight is 351 g/mol. The Morgan fingerprint density at radius 2 is 2.00 bits per heavy atom. The normalized spacial score (nSPS) is 10.1. The highest BCUT2D eigenvalue weighted by Gasteiger charge is 2.13. The third-order valence-electron chi connectivity index (χ3n) is 1.99. The number of ketones is 1. The maximum atomic E-state index is 11.6. The molecule has 0 N–H and O–H groups in total. The Hall–Kier alpha value is -0.750. The number of rotatable bonds is 5. The smallest absolute Gasteiger partial charge is 0.270 e. The van der Waals surface area contributed by atoms with Gasteiger partial charge in [-0.05, 0) is 11.6 Å². The molecule has 0 aliphatic heterocycles. The zero-order valence-electron chi connectivity index (χ0n) is 8.28. The van der Waals surface area contributed by atoms with Crippen molar-refractivity contribution in [2.75, 3.05) is 5.33 Å². The summed E-state index contributed by atoms with van der Waals surface area (Å²) >= 11 is 6.39. The molecule has 0 heterocycles. The summed E-state index contributed by atoms with van der Waals surface area (Å²) in [5.74, 6) is -0.0947. The standard InChI is InChI=1S/C10H9Br2NO3/c11-2-1-10(14)8-3-7(6-12)4-9(5-8)13(15)16/h3-5H,1-2,6H2. The second-order valence-corrected chi connectivity index (χ2v) is 4.49. The Balaban J connectivity index is 3.13. The van der Waals surface area contributed by atoms with Crippen molar-refractivity contribution in [3.8, 4) is 0 Å². The Bertz CT molecular complexity index is 421. The number of hydrogen-bond donors (Lipinski definition) is 0. The van der Waals surface area contributed by atoms with Crippen LogP contribution in [0.1, 0.15) is 22.3 Å². The van der Waals surface area contributed by atoms with Gasteiger partial charge < -0.3 is 0 Å². The lowest BCUT2D eigenvalue weighted by molar-refractivity contribution is -0.384. The van der Waals surface area contributed by atoms with Crippen molar-refractivity contribution in [2.45, 2.75) is 11.8 Å². The minimum atomic E-state index is -0.489. The number of carbonyl (C=O) groups excluding carboxylic acids is 1. The fraction of sp³-hybridized carbons (Fsp3) is 0.300.